The minimum atomic E-state index is -0.374. The van der Waals surface area contributed by atoms with Crippen LogP contribution < -0.4 is 10.6 Å². The molecule has 1 atom stereocenters. The summed E-state index contributed by atoms with van der Waals surface area (Å²) in [5.74, 6) is 0.288. The molecule has 136 valence electrons. The quantitative estimate of drug-likeness (QED) is 0.473. The van der Waals surface area contributed by atoms with E-state index < -0.39 is 0 Å². The highest BCUT2D eigenvalue weighted by Gasteiger charge is 2.17. The number of likely N-dealkylation sites (tertiary alicyclic amines) is 1. The van der Waals surface area contributed by atoms with Gasteiger partial charge >= 0.3 is 0 Å². The number of benzene rings is 1. The first-order valence-electron chi connectivity index (χ1n) is 9.01. The van der Waals surface area contributed by atoms with E-state index in [1.165, 1.54) is 31.9 Å². The summed E-state index contributed by atoms with van der Waals surface area (Å²) >= 11 is 0. The summed E-state index contributed by atoms with van der Waals surface area (Å²) in [4.78, 5) is 6.72. The normalized spacial score (nSPS) is 18.6. The van der Waals surface area contributed by atoms with Crippen LogP contribution in [-0.2, 0) is 6.54 Å². The first-order valence-corrected chi connectivity index (χ1v) is 9.01. The van der Waals surface area contributed by atoms with Crippen molar-refractivity contribution in [3.63, 3.8) is 0 Å². The molecule has 25 heavy (non-hydrogen) atoms. The lowest BCUT2D eigenvalue weighted by atomic mass is 10.0. The van der Waals surface area contributed by atoms with Gasteiger partial charge in [0, 0.05) is 38.3 Å². The Morgan fingerprint density at radius 3 is 2.92 bits per heavy atom. The van der Waals surface area contributed by atoms with Gasteiger partial charge in [0.05, 0.1) is 11.6 Å². The highest BCUT2D eigenvalue weighted by Crippen LogP contribution is 2.16. The van der Waals surface area contributed by atoms with Crippen molar-refractivity contribution in [3.05, 3.63) is 35.1 Å². The van der Waals surface area contributed by atoms with Crippen LogP contribution in [0.25, 0.3) is 0 Å². The third kappa shape index (κ3) is 6.02. The number of guanidine groups is 1. The fraction of sp³-hybridized carbons (Fsp3) is 0.579. The lowest BCUT2D eigenvalue weighted by molar-refractivity contribution is 0.159. The molecule has 0 spiro atoms. The molecule has 1 aromatic rings. The van der Waals surface area contributed by atoms with E-state index in [2.05, 4.69) is 27.4 Å². The molecular weight excluding hydrogens is 317 g/mol. The van der Waals surface area contributed by atoms with Crippen LogP contribution in [0, 0.1) is 17.1 Å². The number of nitrogens with zero attached hydrogens (tertiary/aromatic N) is 3. The van der Waals surface area contributed by atoms with Gasteiger partial charge in [-0.15, -0.1) is 0 Å². The first kappa shape index (κ1) is 19.2. The number of aliphatic imine (C=N–C) groups is 1. The summed E-state index contributed by atoms with van der Waals surface area (Å²) < 4.78 is 13.9. The van der Waals surface area contributed by atoms with Gasteiger partial charge in [-0.1, -0.05) is 12.5 Å². The Labute approximate surface area is 149 Å². The van der Waals surface area contributed by atoms with Crippen LogP contribution in [0.15, 0.2) is 23.2 Å². The second kappa shape index (κ2) is 10.00. The molecule has 1 saturated heterocycles. The van der Waals surface area contributed by atoms with E-state index in [4.69, 9.17) is 5.26 Å². The molecule has 0 amide bonds. The average Bonchev–Trinajstić information content (AvgIpc) is 2.63. The molecule has 2 rings (SSSR count). The fourth-order valence-corrected chi connectivity index (χ4v) is 3.14. The number of hydrogen-bond acceptors (Lipinski definition) is 3. The molecule has 1 aliphatic heterocycles. The molecule has 2 N–H and O–H groups in total. The molecular formula is C19H28FN5. The Balaban J connectivity index is 1.71. The molecule has 0 saturated carbocycles. The van der Waals surface area contributed by atoms with Crippen LogP contribution in [0.5, 0.6) is 0 Å². The zero-order chi connectivity index (χ0) is 18.1. The van der Waals surface area contributed by atoms with Crippen molar-refractivity contribution in [1.82, 2.24) is 15.5 Å². The largest absolute Gasteiger partial charge is 0.356 e. The van der Waals surface area contributed by atoms with Gasteiger partial charge in [0.2, 0.25) is 0 Å². The second-order valence-corrected chi connectivity index (χ2v) is 6.50. The Bertz CT molecular complexity index is 623. The van der Waals surface area contributed by atoms with E-state index in [9.17, 15) is 4.39 Å². The van der Waals surface area contributed by atoms with Gasteiger partial charge in [0.1, 0.15) is 5.82 Å². The van der Waals surface area contributed by atoms with Crippen molar-refractivity contribution in [2.24, 2.45) is 4.99 Å². The van der Waals surface area contributed by atoms with Gasteiger partial charge in [-0.3, -0.25) is 4.99 Å². The smallest absolute Gasteiger partial charge is 0.191 e. The molecule has 6 heteroatoms. The lowest BCUT2D eigenvalue weighted by Gasteiger charge is -2.33. The SMILES string of the molecule is CN=C(NCCCN1CCCCC1C)NCc1ccc(C#N)cc1F. The van der Waals surface area contributed by atoms with Gasteiger partial charge < -0.3 is 15.5 Å². The predicted octanol–water partition coefficient (Wildman–Crippen LogP) is 2.63. The van der Waals surface area contributed by atoms with Crippen molar-refractivity contribution in [1.29, 1.82) is 5.26 Å². The maximum Gasteiger partial charge on any atom is 0.191 e. The standard InChI is InChI=1S/C19H28FN5/c1-15-6-3-4-10-25(15)11-5-9-23-19(22-2)24-14-17-8-7-16(13-21)12-18(17)20/h7-8,12,15H,3-6,9-11,14H2,1-2H3,(H2,22,23,24). The van der Waals surface area contributed by atoms with Gasteiger partial charge in [-0.05, 0) is 44.9 Å². The van der Waals surface area contributed by atoms with E-state index in [1.807, 2.05) is 6.07 Å². The van der Waals surface area contributed by atoms with E-state index in [0.717, 1.165) is 19.5 Å². The summed E-state index contributed by atoms with van der Waals surface area (Å²) in [7, 11) is 1.71. The zero-order valence-corrected chi connectivity index (χ0v) is 15.2. The van der Waals surface area contributed by atoms with Crippen molar-refractivity contribution in [2.75, 3.05) is 26.7 Å². The summed E-state index contributed by atoms with van der Waals surface area (Å²) in [6.07, 6.45) is 5.00. The zero-order valence-electron chi connectivity index (χ0n) is 15.2. The van der Waals surface area contributed by atoms with Crippen molar-refractivity contribution in [3.8, 4) is 6.07 Å². The summed E-state index contributed by atoms with van der Waals surface area (Å²) in [6.45, 7) is 5.76. The van der Waals surface area contributed by atoms with Crippen molar-refractivity contribution in [2.45, 2.75) is 45.2 Å². The minimum Gasteiger partial charge on any atom is -0.356 e. The second-order valence-electron chi connectivity index (χ2n) is 6.50. The summed E-state index contributed by atoms with van der Waals surface area (Å²) in [6, 6.07) is 7.13. The molecule has 1 aromatic carbocycles. The van der Waals surface area contributed by atoms with E-state index in [1.54, 1.807) is 19.2 Å². The van der Waals surface area contributed by atoms with Crippen LogP contribution in [0.3, 0.4) is 0 Å². The monoisotopic (exact) mass is 345 g/mol. The summed E-state index contributed by atoms with van der Waals surface area (Å²) in [5.41, 5.74) is 0.847. The van der Waals surface area contributed by atoms with Crippen LogP contribution in [-0.4, -0.2) is 43.6 Å². The maximum atomic E-state index is 13.9. The number of nitriles is 1. The molecule has 5 nitrogen and oxygen atoms in total. The average molecular weight is 345 g/mol. The number of nitrogens with one attached hydrogen (secondary N) is 2. The minimum absolute atomic E-state index is 0.329. The third-order valence-electron chi connectivity index (χ3n) is 4.71. The Kier molecular flexibility index (Phi) is 7.68. The molecule has 0 radical (unpaired) electrons. The number of hydrogen-bond donors (Lipinski definition) is 2. The Morgan fingerprint density at radius 1 is 1.40 bits per heavy atom. The highest BCUT2D eigenvalue weighted by molar-refractivity contribution is 5.79. The van der Waals surface area contributed by atoms with Crippen LogP contribution in [0.1, 0.15) is 43.7 Å². The Hall–Kier alpha value is -2.13. The summed E-state index contributed by atoms with van der Waals surface area (Å²) in [5, 5.41) is 15.2. The van der Waals surface area contributed by atoms with Crippen molar-refractivity contribution < 1.29 is 4.39 Å². The predicted molar refractivity (Wildman–Crippen MR) is 98.8 cm³/mol. The fourth-order valence-electron chi connectivity index (χ4n) is 3.14. The van der Waals surface area contributed by atoms with Gasteiger partial charge in [-0.25, -0.2) is 4.39 Å². The molecule has 1 aliphatic rings. The van der Waals surface area contributed by atoms with Gasteiger partial charge in [-0.2, -0.15) is 5.26 Å². The molecule has 1 heterocycles. The highest BCUT2D eigenvalue weighted by atomic mass is 19.1. The lowest BCUT2D eigenvalue weighted by Crippen LogP contribution is -2.41. The first-order chi connectivity index (χ1) is 12.1. The van der Waals surface area contributed by atoms with E-state index in [-0.39, 0.29) is 5.82 Å². The van der Waals surface area contributed by atoms with Crippen LogP contribution >= 0.6 is 0 Å². The Morgan fingerprint density at radius 2 is 2.24 bits per heavy atom. The van der Waals surface area contributed by atoms with E-state index in [0.29, 0.717) is 29.7 Å². The third-order valence-corrected chi connectivity index (χ3v) is 4.71. The molecule has 1 fully saturated rings. The van der Waals surface area contributed by atoms with Gasteiger partial charge in [0.15, 0.2) is 5.96 Å². The topological polar surface area (TPSA) is 63.5 Å². The van der Waals surface area contributed by atoms with E-state index >= 15 is 0 Å². The number of rotatable bonds is 6. The number of halogens is 1. The molecule has 0 bridgehead atoms. The van der Waals surface area contributed by atoms with Crippen molar-refractivity contribution >= 4 is 5.96 Å². The van der Waals surface area contributed by atoms with Crippen LogP contribution in [0.2, 0.25) is 0 Å². The maximum absolute atomic E-state index is 13.9. The van der Waals surface area contributed by atoms with Gasteiger partial charge in [0.25, 0.3) is 0 Å². The molecule has 0 aromatic heterocycles. The van der Waals surface area contributed by atoms with Crippen LogP contribution in [0.4, 0.5) is 4.39 Å². The molecule has 0 aliphatic carbocycles. The number of piperidine rings is 1. The molecule has 1 unspecified atom stereocenters.